The number of hydrogen-bond acceptors (Lipinski definition) is 14. The van der Waals surface area contributed by atoms with Gasteiger partial charge in [0.2, 0.25) is 0 Å². The van der Waals surface area contributed by atoms with E-state index in [1.54, 1.807) is 0 Å². The second kappa shape index (κ2) is 41.5. The Hall–Kier alpha value is -3.09. The van der Waals surface area contributed by atoms with Gasteiger partial charge in [-0.05, 0) is 83.5 Å². The average molecular weight is 975 g/mol. The molecule has 2 aliphatic heterocycles. The van der Waals surface area contributed by atoms with Crippen LogP contribution in [0.15, 0.2) is 97.2 Å². The predicted molar refractivity (Wildman–Crippen MR) is 270 cm³/mol. The number of esters is 1. The first-order chi connectivity index (χ1) is 33.6. The summed E-state index contributed by atoms with van der Waals surface area (Å²) in [4.78, 5) is 13.0. The molecule has 14 heteroatoms. The summed E-state index contributed by atoms with van der Waals surface area (Å²) >= 11 is 0. The zero-order valence-corrected chi connectivity index (χ0v) is 41.8. The van der Waals surface area contributed by atoms with E-state index in [1.165, 1.54) is 38.5 Å². The third-order valence-corrected chi connectivity index (χ3v) is 11.6. The summed E-state index contributed by atoms with van der Waals surface area (Å²) in [5, 5.41) is 72.1. The molecule has 11 atom stereocenters. The second-order valence-electron chi connectivity index (χ2n) is 17.6. The van der Waals surface area contributed by atoms with Crippen LogP contribution in [-0.4, -0.2) is 142 Å². The van der Waals surface area contributed by atoms with Crippen LogP contribution in [0.3, 0.4) is 0 Å². The first kappa shape index (κ1) is 62.0. The van der Waals surface area contributed by atoms with Crippen molar-refractivity contribution >= 4 is 5.97 Å². The van der Waals surface area contributed by atoms with Gasteiger partial charge in [-0.2, -0.15) is 0 Å². The topological polar surface area (TPSA) is 214 Å². The van der Waals surface area contributed by atoms with E-state index in [0.29, 0.717) is 13.0 Å². The normalized spacial score (nSPS) is 26.5. The number of carbonyl (C=O) groups excluding carboxylic acids is 1. The maximum Gasteiger partial charge on any atom is 0.306 e. The molecule has 0 aromatic carbocycles. The van der Waals surface area contributed by atoms with Crippen molar-refractivity contribution in [2.45, 2.75) is 210 Å². The van der Waals surface area contributed by atoms with Crippen LogP contribution in [0, 0.1) is 0 Å². The Balaban J connectivity index is 1.82. The summed E-state index contributed by atoms with van der Waals surface area (Å²) in [6, 6.07) is 0. The molecule has 0 bridgehead atoms. The number of allylic oxidation sites excluding steroid dienone is 16. The van der Waals surface area contributed by atoms with E-state index in [1.807, 2.05) is 12.2 Å². The van der Waals surface area contributed by atoms with Gasteiger partial charge in [0.15, 0.2) is 12.6 Å². The number of aliphatic hydroxyl groups excluding tert-OH is 7. The highest BCUT2D eigenvalue weighted by atomic mass is 16.7. The lowest BCUT2D eigenvalue weighted by Crippen LogP contribution is -2.61. The molecule has 2 saturated heterocycles. The Morgan fingerprint density at radius 3 is 1.48 bits per heavy atom. The molecular weight excluding hydrogens is 885 g/mol. The van der Waals surface area contributed by atoms with Crippen molar-refractivity contribution < 1.29 is 69.0 Å². The van der Waals surface area contributed by atoms with Gasteiger partial charge in [-0.15, -0.1) is 0 Å². The van der Waals surface area contributed by atoms with Crippen LogP contribution >= 0.6 is 0 Å². The van der Waals surface area contributed by atoms with Crippen LogP contribution in [0.25, 0.3) is 0 Å². The summed E-state index contributed by atoms with van der Waals surface area (Å²) in [7, 11) is 0. The standard InChI is InChI=1S/C55H90O14/c1-3-5-7-9-11-13-15-17-19-21-22-23-24-26-28-30-32-34-36-38-47(57)67-44(41-64-39-37-35-33-31-29-27-25-20-18-16-14-12-10-8-6-4-2)42-65-54-53(63)51(61)49(59)46(69-54)43-66-55-52(62)50(60)48(58)45(40-56)68-55/h5,7,11-14,17-20,22-23,26,28,32,34,44-46,48-56,58-63H,3-4,6,8-10,15-16,21,24-25,27,29-31,33,35-43H2,1-2H3/b7-5-,13-11-,14-12-,19-17-,20-18-,23-22-,28-26-,34-32-. The van der Waals surface area contributed by atoms with Crippen molar-refractivity contribution in [2.75, 3.05) is 33.0 Å². The molecule has 0 radical (unpaired) electrons. The largest absolute Gasteiger partial charge is 0.457 e. The summed E-state index contributed by atoms with van der Waals surface area (Å²) in [6.45, 7) is 3.39. The van der Waals surface area contributed by atoms with E-state index in [0.717, 1.165) is 77.0 Å². The second-order valence-corrected chi connectivity index (χ2v) is 17.6. The van der Waals surface area contributed by atoms with Crippen LogP contribution in [0.4, 0.5) is 0 Å². The number of hydrogen-bond donors (Lipinski definition) is 7. The number of ether oxygens (including phenoxy) is 6. The third-order valence-electron chi connectivity index (χ3n) is 11.6. The maximum atomic E-state index is 13.0. The molecule has 0 saturated carbocycles. The van der Waals surface area contributed by atoms with Crippen molar-refractivity contribution in [1.82, 2.24) is 0 Å². The quantitative estimate of drug-likeness (QED) is 0.0178. The van der Waals surface area contributed by atoms with E-state index < -0.39 is 86.7 Å². The van der Waals surface area contributed by atoms with Gasteiger partial charge < -0.3 is 64.2 Å². The zero-order valence-electron chi connectivity index (χ0n) is 41.8. The molecule has 0 amide bonds. The lowest BCUT2D eigenvalue weighted by Gasteiger charge is -2.42. The molecule has 394 valence electrons. The van der Waals surface area contributed by atoms with Gasteiger partial charge in [-0.25, -0.2) is 0 Å². The molecule has 11 unspecified atom stereocenters. The summed E-state index contributed by atoms with van der Waals surface area (Å²) in [5.41, 5.74) is 0. The number of rotatable bonds is 39. The molecule has 0 aliphatic carbocycles. The van der Waals surface area contributed by atoms with Crippen LogP contribution < -0.4 is 0 Å². The minimum absolute atomic E-state index is 0.0174. The molecule has 2 fully saturated rings. The van der Waals surface area contributed by atoms with Crippen LogP contribution in [-0.2, 0) is 33.2 Å². The van der Waals surface area contributed by atoms with Gasteiger partial charge in [-0.1, -0.05) is 150 Å². The van der Waals surface area contributed by atoms with Crippen molar-refractivity contribution in [2.24, 2.45) is 0 Å². The molecular formula is C55H90O14. The third kappa shape index (κ3) is 29.1. The van der Waals surface area contributed by atoms with Gasteiger partial charge in [0, 0.05) is 13.0 Å². The highest BCUT2D eigenvalue weighted by Crippen LogP contribution is 2.26. The van der Waals surface area contributed by atoms with Crippen molar-refractivity contribution in [1.29, 1.82) is 0 Å². The molecule has 0 spiro atoms. The van der Waals surface area contributed by atoms with Crippen molar-refractivity contribution in [3.63, 3.8) is 0 Å². The highest BCUT2D eigenvalue weighted by molar-refractivity contribution is 5.69. The summed E-state index contributed by atoms with van der Waals surface area (Å²) in [5.74, 6) is -0.466. The van der Waals surface area contributed by atoms with E-state index in [2.05, 4.69) is 98.9 Å². The van der Waals surface area contributed by atoms with E-state index in [4.69, 9.17) is 28.4 Å². The average Bonchev–Trinajstić information content (AvgIpc) is 3.35. The molecule has 2 rings (SSSR count). The van der Waals surface area contributed by atoms with Gasteiger partial charge in [0.05, 0.1) is 26.4 Å². The molecule has 7 N–H and O–H groups in total. The van der Waals surface area contributed by atoms with Crippen LogP contribution in [0.5, 0.6) is 0 Å². The minimum Gasteiger partial charge on any atom is -0.457 e. The fourth-order valence-electron chi connectivity index (χ4n) is 7.40. The Bertz CT molecular complexity index is 1500. The Labute approximate surface area is 413 Å². The molecule has 2 aliphatic rings. The van der Waals surface area contributed by atoms with Crippen molar-refractivity contribution in [3.8, 4) is 0 Å². The number of carbonyl (C=O) groups is 1. The number of unbranched alkanes of at least 4 members (excludes halogenated alkanes) is 9. The van der Waals surface area contributed by atoms with Crippen LogP contribution in [0.2, 0.25) is 0 Å². The van der Waals surface area contributed by atoms with E-state index in [-0.39, 0.29) is 19.6 Å². The van der Waals surface area contributed by atoms with Gasteiger partial charge in [0.25, 0.3) is 0 Å². The molecule has 0 aromatic heterocycles. The van der Waals surface area contributed by atoms with Gasteiger partial charge >= 0.3 is 5.97 Å². The van der Waals surface area contributed by atoms with Gasteiger partial charge in [0.1, 0.15) is 54.9 Å². The van der Waals surface area contributed by atoms with E-state index in [9.17, 15) is 40.5 Å². The zero-order chi connectivity index (χ0) is 50.2. The molecule has 69 heavy (non-hydrogen) atoms. The molecule has 0 aromatic rings. The predicted octanol–water partition coefficient (Wildman–Crippen LogP) is 7.85. The fraction of sp³-hybridized carbons (Fsp3) is 0.691. The first-order valence-corrected chi connectivity index (χ1v) is 25.8. The van der Waals surface area contributed by atoms with Gasteiger partial charge in [-0.3, -0.25) is 4.79 Å². The minimum atomic E-state index is -1.73. The lowest BCUT2D eigenvalue weighted by atomic mass is 9.98. The van der Waals surface area contributed by atoms with Crippen molar-refractivity contribution in [3.05, 3.63) is 97.2 Å². The maximum absolute atomic E-state index is 13.0. The smallest absolute Gasteiger partial charge is 0.306 e. The first-order valence-electron chi connectivity index (χ1n) is 25.8. The molecule has 2 heterocycles. The SMILES string of the molecule is CC/C=C\C/C=C\C/C=C\C/C=C\C/C=C\C/C=C\CCC(=O)OC(COCCCCCCCC/C=C\C/C=C\CCCCC)COC1OC(COC2OC(CO)C(O)C(O)C2O)C(O)C(O)C1O. The Morgan fingerprint density at radius 1 is 0.493 bits per heavy atom. The van der Waals surface area contributed by atoms with E-state index >= 15 is 0 Å². The fourth-order valence-corrected chi connectivity index (χ4v) is 7.40. The van der Waals surface area contributed by atoms with Crippen LogP contribution in [0.1, 0.15) is 142 Å². The summed E-state index contributed by atoms with van der Waals surface area (Å²) in [6.07, 6.45) is 37.6. The Morgan fingerprint density at radius 2 is 0.942 bits per heavy atom. The molecule has 14 nitrogen and oxygen atoms in total. The number of aliphatic hydroxyl groups is 7. The lowest BCUT2D eigenvalue weighted by molar-refractivity contribution is -0.332. The summed E-state index contributed by atoms with van der Waals surface area (Å²) < 4.78 is 34.2. The Kier molecular flexibility index (Phi) is 37.3. The monoisotopic (exact) mass is 975 g/mol. The highest BCUT2D eigenvalue weighted by Gasteiger charge is 2.47.